The molecule has 2 aromatic carbocycles. The first-order valence-corrected chi connectivity index (χ1v) is 10.7. The first kappa shape index (κ1) is 18.9. The zero-order valence-corrected chi connectivity index (χ0v) is 17.7. The number of hydrogen-bond donors (Lipinski definition) is 1. The van der Waals surface area contributed by atoms with Gasteiger partial charge in [-0.3, -0.25) is 4.79 Å². The van der Waals surface area contributed by atoms with Crippen molar-refractivity contribution < 1.29 is 13.9 Å². The SMILES string of the molecule is COc1cccc(-c2nnc(SCC(=O)Nc3nc4ccc(Br)cc4s3)o2)c1. The van der Waals surface area contributed by atoms with Crippen molar-refractivity contribution in [1.29, 1.82) is 0 Å². The Morgan fingerprint density at radius 3 is 3.04 bits per heavy atom. The van der Waals surface area contributed by atoms with Gasteiger partial charge in [-0.15, -0.1) is 10.2 Å². The minimum Gasteiger partial charge on any atom is -0.497 e. The number of methoxy groups -OCH3 is 1. The summed E-state index contributed by atoms with van der Waals surface area (Å²) >= 11 is 6.02. The molecule has 1 amide bonds. The molecule has 2 heterocycles. The van der Waals surface area contributed by atoms with Gasteiger partial charge in [0.05, 0.1) is 23.1 Å². The molecule has 0 radical (unpaired) electrons. The number of benzene rings is 2. The standard InChI is InChI=1S/C18H13BrN4O3S2/c1-25-12-4-2-3-10(7-12)16-22-23-18(26-16)27-9-15(24)21-17-20-13-6-5-11(19)8-14(13)28-17/h2-8H,9H2,1H3,(H,20,21,24). The molecule has 0 saturated heterocycles. The minimum atomic E-state index is -0.191. The molecule has 1 N–H and O–H groups in total. The van der Waals surface area contributed by atoms with E-state index in [0.29, 0.717) is 22.0 Å². The Morgan fingerprint density at radius 1 is 1.29 bits per heavy atom. The predicted octanol–water partition coefficient (Wildman–Crippen LogP) is 4.85. The first-order chi connectivity index (χ1) is 13.6. The number of thioether (sulfide) groups is 1. The quantitative estimate of drug-likeness (QED) is 0.397. The summed E-state index contributed by atoms with van der Waals surface area (Å²) in [4.78, 5) is 16.6. The summed E-state index contributed by atoms with van der Waals surface area (Å²) in [6.07, 6.45) is 0. The van der Waals surface area contributed by atoms with Crippen molar-refractivity contribution in [2.24, 2.45) is 0 Å². The number of halogens is 1. The zero-order valence-electron chi connectivity index (χ0n) is 14.5. The number of rotatable bonds is 6. The summed E-state index contributed by atoms with van der Waals surface area (Å²) in [5, 5.41) is 11.7. The van der Waals surface area contributed by atoms with E-state index < -0.39 is 0 Å². The molecule has 2 aromatic heterocycles. The van der Waals surface area contributed by atoms with Gasteiger partial charge in [-0.2, -0.15) is 0 Å². The van der Waals surface area contributed by atoms with Gasteiger partial charge in [-0.25, -0.2) is 4.98 Å². The number of carbonyl (C=O) groups excluding carboxylic acids is 1. The van der Waals surface area contributed by atoms with Crippen molar-refractivity contribution in [2.75, 3.05) is 18.2 Å². The lowest BCUT2D eigenvalue weighted by atomic mass is 10.2. The molecule has 7 nitrogen and oxygen atoms in total. The van der Waals surface area contributed by atoms with E-state index in [0.717, 1.165) is 20.3 Å². The summed E-state index contributed by atoms with van der Waals surface area (Å²) in [7, 11) is 1.59. The first-order valence-electron chi connectivity index (χ1n) is 8.07. The van der Waals surface area contributed by atoms with Crippen LogP contribution in [0.4, 0.5) is 5.13 Å². The van der Waals surface area contributed by atoms with Crippen molar-refractivity contribution in [3.05, 3.63) is 46.9 Å². The van der Waals surface area contributed by atoms with Crippen molar-refractivity contribution in [2.45, 2.75) is 5.22 Å². The highest BCUT2D eigenvalue weighted by molar-refractivity contribution is 9.10. The van der Waals surface area contributed by atoms with Crippen LogP contribution in [0.25, 0.3) is 21.7 Å². The molecule has 0 unspecified atom stereocenters. The molecule has 0 aliphatic rings. The number of carbonyl (C=O) groups is 1. The van der Waals surface area contributed by atoms with Crippen LogP contribution in [-0.4, -0.2) is 34.0 Å². The Labute approximate surface area is 176 Å². The van der Waals surface area contributed by atoms with Crippen LogP contribution in [0.1, 0.15) is 0 Å². The van der Waals surface area contributed by atoms with Gasteiger partial charge < -0.3 is 14.5 Å². The summed E-state index contributed by atoms with van der Waals surface area (Å²) in [6, 6.07) is 13.1. The number of anilines is 1. The molecular weight excluding hydrogens is 464 g/mol. The van der Waals surface area contributed by atoms with Crippen LogP contribution in [0.2, 0.25) is 0 Å². The van der Waals surface area contributed by atoms with E-state index in [2.05, 4.69) is 36.4 Å². The highest BCUT2D eigenvalue weighted by Crippen LogP contribution is 2.29. The molecule has 4 rings (SSSR count). The lowest BCUT2D eigenvalue weighted by Gasteiger charge is -2.00. The molecule has 0 bridgehead atoms. The highest BCUT2D eigenvalue weighted by atomic mass is 79.9. The second kappa shape index (κ2) is 8.29. The Balaban J connectivity index is 1.37. The van der Waals surface area contributed by atoms with E-state index in [1.54, 1.807) is 13.2 Å². The van der Waals surface area contributed by atoms with Crippen molar-refractivity contribution in [3.63, 3.8) is 0 Å². The van der Waals surface area contributed by atoms with E-state index in [4.69, 9.17) is 9.15 Å². The fraction of sp³-hybridized carbons (Fsp3) is 0.111. The van der Waals surface area contributed by atoms with Crippen LogP contribution < -0.4 is 10.1 Å². The maximum absolute atomic E-state index is 12.2. The second-order valence-electron chi connectivity index (χ2n) is 5.57. The van der Waals surface area contributed by atoms with Crippen molar-refractivity contribution in [1.82, 2.24) is 15.2 Å². The lowest BCUT2D eigenvalue weighted by molar-refractivity contribution is -0.113. The summed E-state index contributed by atoms with van der Waals surface area (Å²) in [5.74, 6) is 1.02. The molecule has 28 heavy (non-hydrogen) atoms. The third-order valence-electron chi connectivity index (χ3n) is 3.65. The minimum absolute atomic E-state index is 0.138. The molecule has 0 aliphatic carbocycles. The number of fused-ring (bicyclic) bond motifs is 1. The molecule has 0 fully saturated rings. The maximum atomic E-state index is 12.2. The zero-order chi connectivity index (χ0) is 19.5. The van der Waals surface area contributed by atoms with E-state index in [1.165, 1.54) is 23.1 Å². The molecule has 10 heteroatoms. The average Bonchev–Trinajstić information content (AvgIpc) is 3.32. The molecule has 0 atom stereocenters. The van der Waals surface area contributed by atoms with Crippen LogP contribution in [0.5, 0.6) is 5.75 Å². The van der Waals surface area contributed by atoms with E-state index in [9.17, 15) is 4.79 Å². The van der Waals surface area contributed by atoms with Crippen LogP contribution in [0.15, 0.2) is 56.6 Å². The fourth-order valence-corrected chi connectivity index (χ4v) is 4.37. The van der Waals surface area contributed by atoms with Crippen molar-refractivity contribution in [3.8, 4) is 17.2 Å². The third kappa shape index (κ3) is 4.34. The van der Waals surface area contributed by atoms with Gasteiger partial charge in [-0.1, -0.05) is 45.1 Å². The number of nitrogens with one attached hydrogen (secondary N) is 1. The average molecular weight is 477 g/mol. The number of amides is 1. The topological polar surface area (TPSA) is 90.1 Å². The van der Waals surface area contributed by atoms with E-state index in [-0.39, 0.29) is 11.7 Å². The number of aromatic nitrogens is 3. The third-order valence-corrected chi connectivity index (χ3v) is 5.89. The lowest BCUT2D eigenvalue weighted by Crippen LogP contribution is -2.13. The van der Waals surface area contributed by atoms with Gasteiger partial charge >= 0.3 is 0 Å². The molecule has 4 aromatic rings. The summed E-state index contributed by atoms with van der Waals surface area (Å²) in [6.45, 7) is 0. The molecule has 0 saturated carbocycles. The van der Waals surface area contributed by atoms with Gasteiger partial charge in [-0.05, 0) is 36.4 Å². The Hall–Kier alpha value is -2.43. The van der Waals surface area contributed by atoms with E-state index >= 15 is 0 Å². The molecule has 0 spiro atoms. The number of hydrogen-bond acceptors (Lipinski definition) is 8. The summed E-state index contributed by atoms with van der Waals surface area (Å²) < 4.78 is 12.8. The van der Waals surface area contributed by atoms with Crippen LogP contribution in [-0.2, 0) is 4.79 Å². The number of thiazole rings is 1. The highest BCUT2D eigenvalue weighted by Gasteiger charge is 2.13. The van der Waals surface area contributed by atoms with E-state index in [1.807, 2.05) is 36.4 Å². The maximum Gasteiger partial charge on any atom is 0.277 e. The fourth-order valence-electron chi connectivity index (χ4n) is 2.38. The Morgan fingerprint density at radius 2 is 2.18 bits per heavy atom. The molecule has 142 valence electrons. The largest absolute Gasteiger partial charge is 0.497 e. The second-order valence-corrected chi connectivity index (χ2v) is 8.45. The molecule has 0 aliphatic heterocycles. The van der Waals surface area contributed by atoms with Gasteiger partial charge in [0.1, 0.15) is 5.75 Å². The Bertz CT molecular complexity index is 1140. The Kier molecular flexibility index (Phi) is 5.60. The number of nitrogens with zero attached hydrogens (tertiary/aromatic N) is 3. The van der Waals surface area contributed by atoms with Gasteiger partial charge in [0, 0.05) is 10.0 Å². The monoisotopic (exact) mass is 476 g/mol. The predicted molar refractivity (Wildman–Crippen MR) is 113 cm³/mol. The van der Waals surface area contributed by atoms with Crippen LogP contribution >= 0.6 is 39.0 Å². The van der Waals surface area contributed by atoms with Gasteiger partial charge in [0.15, 0.2) is 5.13 Å². The van der Waals surface area contributed by atoms with Gasteiger partial charge in [0.2, 0.25) is 11.8 Å². The smallest absolute Gasteiger partial charge is 0.277 e. The summed E-state index contributed by atoms with van der Waals surface area (Å²) in [5.41, 5.74) is 1.60. The number of ether oxygens (including phenoxy) is 1. The molecular formula is C18H13BrN4O3S2. The van der Waals surface area contributed by atoms with Crippen molar-refractivity contribution >= 4 is 60.3 Å². The van der Waals surface area contributed by atoms with Crippen LogP contribution in [0.3, 0.4) is 0 Å². The normalized spacial score (nSPS) is 10.9. The van der Waals surface area contributed by atoms with Crippen LogP contribution in [0, 0.1) is 0 Å². The van der Waals surface area contributed by atoms with Gasteiger partial charge in [0.25, 0.3) is 5.22 Å².